The number of rotatable bonds is 4. The fraction of sp³-hybridized carbons (Fsp3) is 0.571. The van der Waals surface area contributed by atoms with Crippen molar-refractivity contribution in [1.29, 1.82) is 0 Å². The maximum absolute atomic E-state index is 5.45. The highest BCUT2D eigenvalue weighted by molar-refractivity contribution is 7.08. The normalized spacial score (nSPS) is 23.6. The molecule has 1 N–H and O–H groups in total. The summed E-state index contributed by atoms with van der Waals surface area (Å²) in [6.07, 6.45) is 4.69. The van der Waals surface area contributed by atoms with Gasteiger partial charge in [-0.2, -0.15) is 16.3 Å². The van der Waals surface area contributed by atoms with E-state index in [-0.39, 0.29) is 0 Å². The molecule has 0 radical (unpaired) electrons. The number of nitrogens with one attached hydrogen (secondary N) is 1. The molecule has 0 spiro atoms. The third-order valence-electron chi connectivity index (χ3n) is 3.79. The fourth-order valence-corrected chi connectivity index (χ4v) is 3.38. The minimum atomic E-state index is 0.440. The molecule has 19 heavy (non-hydrogen) atoms. The van der Waals surface area contributed by atoms with Gasteiger partial charge in [0.1, 0.15) is 0 Å². The van der Waals surface area contributed by atoms with Gasteiger partial charge in [0, 0.05) is 22.9 Å². The van der Waals surface area contributed by atoms with Crippen molar-refractivity contribution in [2.45, 2.75) is 44.6 Å². The van der Waals surface area contributed by atoms with E-state index in [2.05, 4.69) is 27.8 Å². The van der Waals surface area contributed by atoms with Crippen molar-refractivity contribution in [3.05, 3.63) is 22.7 Å². The summed E-state index contributed by atoms with van der Waals surface area (Å²) in [6, 6.07) is 2.70. The molecule has 5 heteroatoms. The zero-order valence-electron chi connectivity index (χ0n) is 11.1. The number of thiophene rings is 1. The van der Waals surface area contributed by atoms with Gasteiger partial charge in [-0.1, -0.05) is 12.1 Å². The Hall–Kier alpha value is -1.20. The second kappa shape index (κ2) is 5.84. The van der Waals surface area contributed by atoms with E-state index < -0.39 is 0 Å². The zero-order valence-corrected chi connectivity index (χ0v) is 11.9. The third kappa shape index (κ3) is 2.87. The van der Waals surface area contributed by atoms with Gasteiger partial charge in [-0.25, -0.2) is 0 Å². The number of hydrogen-bond acceptors (Lipinski definition) is 5. The van der Waals surface area contributed by atoms with Gasteiger partial charge in [0.25, 0.3) is 0 Å². The standard InChI is InChI=1S/C14H19N3OS/c1-2-15-12-5-3-10(4-6-12)14-16-13(17-18-14)11-7-8-19-9-11/h7-10,12,15H,2-6H2,1H3. The summed E-state index contributed by atoms with van der Waals surface area (Å²) < 4.78 is 5.45. The van der Waals surface area contributed by atoms with E-state index in [9.17, 15) is 0 Å². The lowest BCUT2D eigenvalue weighted by Gasteiger charge is -2.26. The van der Waals surface area contributed by atoms with Crippen LogP contribution >= 0.6 is 11.3 Å². The quantitative estimate of drug-likeness (QED) is 0.930. The van der Waals surface area contributed by atoms with E-state index in [0.29, 0.717) is 12.0 Å². The molecule has 1 saturated carbocycles. The summed E-state index contributed by atoms with van der Waals surface area (Å²) in [5.41, 5.74) is 1.06. The summed E-state index contributed by atoms with van der Waals surface area (Å²) in [7, 11) is 0. The zero-order chi connectivity index (χ0) is 13.1. The smallest absolute Gasteiger partial charge is 0.230 e. The van der Waals surface area contributed by atoms with Crippen LogP contribution in [-0.2, 0) is 0 Å². The molecular formula is C14H19N3OS. The predicted octanol–water partition coefficient (Wildman–Crippen LogP) is 3.43. The van der Waals surface area contributed by atoms with Crippen molar-refractivity contribution in [3.63, 3.8) is 0 Å². The van der Waals surface area contributed by atoms with Crippen LogP contribution in [0, 0.1) is 0 Å². The van der Waals surface area contributed by atoms with Crippen LogP contribution in [0.2, 0.25) is 0 Å². The van der Waals surface area contributed by atoms with Crippen molar-refractivity contribution in [2.24, 2.45) is 0 Å². The number of hydrogen-bond donors (Lipinski definition) is 1. The number of aromatic nitrogens is 2. The van der Waals surface area contributed by atoms with E-state index >= 15 is 0 Å². The van der Waals surface area contributed by atoms with Gasteiger partial charge in [-0.05, 0) is 43.7 Å². The molecule has 0 unspecified atom stereocenters. The summed E-state index contributed by atoms with van der Waals surface area (Å²) in [6.45, 7) is 3.22. The molecule has 102 valence electrons. The Labute approximate surface area is 117 Å². The first kappa shape index (κ1) is 12.8. The average Bonchev–Trinajstić information content (AvgIpc) is 3.11. The van der Waals surface area contributed by atoms with Crippen LogP contribution in [0.4, 0.5) is 0 Å². The Morgan fingerprint density at radius 2 is 2.21 bits per heavy atom. The second-order valence-electron chi connectivity index (χ2n) is 5.07. The molecule has 1 fully saturated rings. The van der Waals surface area contributed by atoms with E-state index in [1.165, 1.54) is 12.8 Å². The first-order valence-corrected chi connectivity index (χ1v) is 7.90. The SMILES string of the molecule is CCNC1CCC(c2nc(-c3ccsc3)no2)CC1. The summed E-state index contributed by atoms with van der Waals surface area (Å²) in [4.78, 5) is 4.56. The molecule has 2 aromatic heterocycles. The largest absolute Gasteiger partial charge is 0.339 e. The van der Waals surface area contributed by atoms with Crippen molar-refractivity contribution >= 4 is 11.3 Å². The summed E-state index contributed by atoms with van der Waals surface area (Å²) >= 11 is 1.66. The Bertz CT molecular complexity index is 501. The topological polar surface area (TPSA) is 51.0 Å². The lowest BCUT2D eigenvalue weighted by atomic mass is 9.86. The highest BCUT2D eigenvalue weighted by Crippen LogP contribution is 2.33. The van der Waals surface area contributed by atoms with Crippen molar-refractivity contribution in [2.75, 3.05) is 6.54 Å². The van der Waals surface area contributed by atoms with Crippen LogP contribution in [0.3, 0.4) is 0 Å². The molecule has 1 aliphatic rings. The average molecular weight is 277 g/mol. The van der Waals surface area contributed by atoms with Gasteiger partial charge in [-0.15, -0.1) is 0 Å². The van der Waals surface area contributed by atoms with E-state index in [1.807, 2.05) is 11.4 Å². The maximum Gasteiger partial charge on any atom is 0.230 e. The van der Waals surface area contributed by atoms with Gasteiger partial charge in [0.05, 0.1) is 0 Å². The molecule has 0 bridgehead atoms. The first-order chi connectivity index (χ1) is 9.36. The Balaban J connectivity index is 1.64. The predicted molar refractivity (Wildman–Crippen MR) is 76.3 cm³/mol. The molecule has 0 aliphatic heterocycles. The molecule has 0 saturated heterocycles. The summed E-state index contributed by atoms with van der Waals surface area (Å²) in [5.74, 6) is 1.98. The lowest BCUT2D eigenvalue weighted by molar-refractivity contribution is 0.285. The summed E-state index contributed by atoms with van der Waals surface area (Å²) in [5, 5.41) is 11.7. The van der Waals surface area contributed by atoms with Crippen molar-refractivity contribution in [1.82, 2.24) is 15.5 Å². The molecule has 4 nitrogen and oxygen atoms in total. The second-order valence-corrected chi connectivity index (χ2v) is 5.85. The first-order valence-electron chi connectivity index (χ1n) is 6.96. The molecule has 0 aromatic carbocycles. The van der Waals surface area contributed by atoms with Crippen LogP contribution in [0.15, 0.2) is 21.3 Å². The van der Waals surface area contributed by atoms with E-state index in [1.54, 1.807) is 11.3 Å². The molecule has 0 amide bonds. The van der Waals surface area contributed by atoms with E-state index in [4.69, 9.17) is 4.52 Å². The van der Waals surface area contributed by atoms with Gasteiger partial charge < -0.3 is 9.84 Å². The highest BCUT2D eigenvalue weighted by Gasteiger charge is 2.26. The molecule has 0 atom stereocenters. The molecule has 1 aliphatic carbocycles. The maximum atomic E-state index is 5.45. The highest BCUT2D eigenvalue weighted by atomic mass is 32.1. The van der Waals surface area contributed by atoms with Gasteiger partial charge in [-0.3, -0.25) is 0 Å². The minimum Gasteiger partial charge on any atom is -0.339 e. The van der Waals surface area contributed by atoms with Gasteiger partial charge in [0.15, 0.2) is 0 Å². The van der Waals surface area contributed by atoms with Crippen LogP contribution in [0.5, 0.6) is 0 Å². The Kier molecular flexibility index (Phi) is 3.94. The minimum absolute atomic E-state index is 0.440. The van der Waals surface area contributed by atoms with Crippen LogP contribution in [-0.4, -0.2) is 22.7 Å². The Morgan fingerprint density at radius 1 is 1.37 bits per heavy atom. The monoisotopic (exact) mass is 277 g/mol. The fourth-order valence-electron chi connectivity index (χ4n) is 2.74. The van der Waals surface area contributed by atoms with E-state index in [0.717, 1.165) is 36.7 Å². The van der Waals surface area contributed by atoms with Gasteiger partial charge >= 0.3 is 0 Å². The number of nitrogens with zero attached hydrogens (tertiary/aromatic N) is 2. The molecule has 2 heterocycles. The molecule has 2 aromatic rings. The Morgan fingerprint density at radius 3 is 2.89 bits per heavy atom. The third-order valence-corrected chi connectivity index (χ3v) is 4.47. The molecule has 3 rings (SSSR count). The van der Waals surface area contributed by atoms with Crippen LogP contribution in [0.25, 0.3) is 11.4 Å². The van der Waals surface area contributed by atoms with Gasteiger partial charge in [0.2, 0.25) is 11.7 Å². The van der Waals surface area contributed by atoms with Crippen molar-refractivity contribution < 1.29 is 4.52 Å². The van der Waals surface area contributed by atoms with Crippen LogP contribution in [0.1, 0.15) is 44.4 Å². The molecular weight excluding hydrogens is 258 g/mol. The van der Waals surface area contributed by atoms with Crippen LogP contribution < -0.4 is 5.32 Å². The van der Waals surface area contributed by atoms with Crippen molar-refractivity contribution in [3.8, 4) is 11.4 Å². The lowest BCUT2D eigenvalue weighted by Crippen LogP contribution is -2.32.